The van der Waals surface area contributed by atoms with Gasteiger partial charge in [-0.3, -0.25) is 9.20 Å². The van der Waals surface area contributed by atoms with Crippen LogP contribution >= 0.6 is 0 Å². The minimum absolute atomic E-state index is 0.108. The lowest BCUT2D eigenvalue weighted by molar-refractivity contribution is 0.0692. The maximum Gasteiger partial charge on any atom is 0.336 e. The molecule has 0 saturated heterocycles. The number of methoxy groups -OCH3 is 1. The van der Waals surface area contributed by atoms with Crippen molar-refractivity contribution in [3.8, 4) is 0 Å². The summed E-state index contributed by atoms with van der Waals surface area (Å²) in [6, 6.07) is 3.19. The van der Waals surface area contributed by atoms with Gasteiger partial charge in [0.25, 0.3) is 5.56 Å². The lowest BCUT2D eigenvalue weighted by Gasteiger charge is -2.10. The van der Waals surface area contributed by atoms with E-state index in [4.69, 9.17) is 4.74 Å². The fourth-order valence-electron chi connectivity index (χ4n) is 3.00. The Bertz CT molecular complexity index is 1020. The van der Waals surface area contributed by atoms with Crippen LogP contribution in [0.4, 0.5) is 0 Å². The summed E-state index contributed by atoms with van der Waals surface area (Å²) in [7, 11) is 1.51. The summed E-state index contributed by atoms with van der Waals surface area (Å²) in [5, 5.41) is 17.6. The molecule has 2 heterocycles. The zero-order valence-corrected chi connectivity index (χ0v) is 13.1. The first kappa shape index (κ1) is 14.8. The van der Waals surface area contributed by atoms with Crippen LogP contribution in [0, 0.1) is 5.92 Å². The topological polar surface area (TPSA) is 110 Å². The van der Waals surface area contributed by atoms with Crippen LogP contribution in [0.5, 0.6) is 0 Å². The van der Waals surface area contributed by atoms with Gasteiger partial charge >= 0.3 is 5.97 Å². The van der Waals surface area contributed by atoms with Crippen LogP contribution in [0.2, 0.25) is 0 Å². The van der Waals surface area contributed by atoms with Crippen molar-refractivity contribution in [3.63, 3.8) is 0 Å². The molecule has 0 unspecified atom stereocenters. The third-order valence-corrected chi connectivity index (χ3v) is 4.34. The summed E-state index contributed by atoms with van der Waals surface area (Å²) >= 11 is 0. The van der Waals surface area contributed by atoms with E-state index in [0.29, 0.717) is 22.5 Å². The van der Waals surface area contributed by atoms with Crippen molar-refractivity contribution in [2.45, 2.75) is 25.9 Å². The van der Waals surface area contributed by atoms with Crippen LogP contribution in [0.3, 0.4) is 0 Å². The molecule has 1 saturated carbocycles. The Kier molecular flexibility index (Phi) is 3.34. The van der Waals surface area contributed by atoms with E-state index in [1.165, 1.54) is 13.2 Å². The van der Waals surface area contributed by atoms with E-state index in [1.54, 1.807) is 10.5 Å². The SMILES string of the molecule is COCc1cc2c(cc1C(=O)O)[nH]c(=O)c1nnc(CC3CC3)n12. The molecule has 1 aliphatic carbocycles. The molecule has 1 aliphatic rings. The Balaban J connectivity index is 2.04. The van der Waals surface area contributed by atoms with Gasteiger partial charge in [-0.2, -0.15) is 0 Å². The van der Waals surface area contributed by atoms with Gasteiger partial charge in [-0.1, -0.05) is 0 Å². The standard InChI is InChI=1S/C16H16N4O4/c1-24-7-9-5-12-11(6-10(9)16(22)23)17-15(21)14-19-18-13(20(12)14)4-8-2-3-8/h5-6,8H,2-4,7H2,1H3,(H,17,21)(H,22,23). The van der Waals surface area contributed by atoms with E-state index in [9.17, 15) is 14.7 Å². The molecule has 1 aromatic carbocycles. The smallest absolute Gasteiger partial charge is 0.336 e. The van der Waals surface area contributed by atoms with Crippen LogP contribution < -0.4 is 5.56 Å². The first-order chi connectivity index (χ1) is 11.6. The average Bonchev–Trinajstić information content (AvgIpc) is 3.25. The van der Waals surface area contributed by atoms with Crippen LogP contribution in [-0.4, -0.2) is 37.8 Å². The first-order valence-electron chi connectivity index (χ1n) is 7.73. The lowest BCUT2D eigenvalue weighted by atomic mass is 10.1. The second-order valence-corrected chi connectivity index (χ2v) is 6.14. The molecule has 0 bridgehead atoms. The van der Waals surface area contributed by atoms with Gasteiger partial charge in [-0.15, -0.1) is 10.2 Å². The fourth-order valence-corrected chi connectivity index (χ4v) is 3.00. The first-order valence-corrected chi connectivity index (χ1v) is 7.73. The fraction of sp³-hybridized carbons (Fsp3) is 0.375. The molecule has 124 valence electrons. The molecule has 0 atom stereocenters. The number of nitrogens with zero attached hydrogens (tertiary/aromatic N) is 3. The number of ether oxygens (including phenoxy) is 1. The Hall–Kier alpha value is -2.74. The number of hydrogen-bond donors (Lipinski definition) is 2. The number of hydrogen-bond acceptors (Lipinski definition) is 5. The number of aromatic carboxylic acids is 1. The number of aromatic amines is 1. The maximum absolute atomic E-state index is 12.2. The van der Waals surface area contributed by atoms with Gasteiger partial charge in [0, 0.05) is 13.5 Å². The van der Waals surface area contributed by atoms with E-state index in [0.717, 1.165) is 25.1 Å². The molecule has 8 nitrogen and oxygen atoms in total. The van der Waals surface area contributed by atoms with Crippen molar-refractivity contribution in [3.05, 3.63) is 39.4 Å². The molecule has 0 spiro atoms. The molecule has 0 amide bonds. The maximum atomic E-state index is 12.2. The molecular weight excluding hydrogens is 312 g/mol. The van der Waals surface area contributed by atoms with Gasteiger partial charge in [0.1, 0.15) is 5.82 Å². The van der Waals surface area contributed by atoms with Crippen molar-refractivity contribution >= 4 is 22.6 Å². The van der Waals surface area contributed by atoms with Gasteiger partial charge in [0.05, 0.1) is 23.2 Å². The van der Waals surface area contributed by atoms with E-state index in [1.807, 2.05) is 0 Å². The molecule has 3 aromatic rings. The zero-order chi connectivity index (χ0) is 16.8. The summed E-state index contributed by atoms with van der Waals surface area (Å²) in [5.74, 6) is 0.255. The second-order valence-electron chi connectivity index (χ2n) is 6.14. The Morgan fingerprint density at radius 1 is 1.42 bits per heavy atom. The van der Waals surface area contributed by atoms with E-state index in [-0.39, 0.29) is 23.4 Å². The molecule has 1 fully saturated rings. The van der Waals surface area contributed by atoms with Crippen LogP contribution in [-0.2, 0) is 17.8 Å². The molecule has 4 rings (SSSR count). The average molecular weight is 328 g/mol. The van der Waals surface area contributed by atoms with Crippen molar-refractivity contribution in [1.82, 2.24) is 19.6 Å². The van der Waals surface area contributed by atoms with Gasteiger partial charge < -0.3 is 14.8 Å². The van der Waals surface area contributed by atoms with E-state index in [2.05, 4.69) is 15.2 Å². The summed E-state index contributed by atoms with van der Waals surface area (Å²) in [5.41, 5.74) is 1.62. The summed E-state index contributed by atoms with van der Waals surface area (Å²) in [6.45, 7) is 0.165. The number of aromatic nitrogens is 4. The van der Waals surface area contributed by atoms with Gasteiger partial charge in [-0.25, -0.2) is 4.79 Å². The Morgan fingerprint density at radius 2 is 2.21 bits per heavy atom. The highest BCUT2D eigenvalue weighted by Gasteiger charge is 2.25. The molecule has 8 heteroatoms. The number of nitrogens with one attached hydrogen (secondary N) is 1. The second kappa shape index (κ2) is 5.41. The third kappa shape index (κ3) is 2.35. The number of carboxylic acids is 1. The van der Waals surface area contributed by atoms with Gasteiger partial charge in [0.2, 0.25) is 5.65 Å². The quantitative estimate of drug-likeness (QED) is 0.732. The predicted octanol–water partition coefficient (Wildman–Crippen LogP) is 1.37. The normalized spacial score (nSPS) is 14.5. The Labute approximate surface area is 136 Å². The van der Waals surface area contributed by atoms with Crippen molar-refractivity contribution < 1.29 is 14.6 Å². The highest BCUT2D eigenvalue weighted by atomic mass is 16.5. The number of rotatable bonds is 5. The van der Waals surface area contributed by atoms with Crippen LogP contribution in [0.15, 0.2) is 16.9 Å². The Morgan fingerprint density at radius 3 is 2.88 bits per heavy atom. The van der Waals surface area contributed by atoms with Gasteiger partial charge in [0.15, 0.2) is 0 Å². The monoisotopic (exact) mass is 328 g/mol. The van der Waals surface area contributed by atoms with E-state index < -0.39 is 5.97 Å². The minimum atomic E-state index is -1.06. The van der Waals surface area contributed by atoms with Crippen molar-refractivity contribution in [1.29, 1.82) is 0 Å². The van der Waals surface area contributed by atoms with Crippen LogP contribution in [0.25, 0.3) is 16.7 Å². The highest BCUT2D eigenvalue weighted by molar-refractivity contribution is 5.94. The van der Waals surface area contributed by atoms with E-state index >= 15 is 0 Å². The largest absolute Gasteiger partial charge is 0.478 e. The highest BCUT2D eigenvalue weighted by Crippen LogP contribution is 2.32. The summed E-state index contributed by atoms with van der Waals surface area (Å²) in [6.07, 6.45) is 3.09. The molecule has 24 heavy (non-hydrogen) atoms. The van der Waals surface area contributed by atoms with Crippen molar-refractivity contribution in [2.24, 2.45) is 5.92 Å². The molecule has 2 aromatic heterocycles. The number of benzene rings is 1. The van der Waals surface area contributed by atoms with Crippen LogP contribution in [0.1, 0.15) is 34.6 Å². The summed E-state index contributed by atoms with van der Waals surface area (Å²) in [4.78, 5) is 26.4. The lowest BCUT2D eigenvalue weighted by Crippen LogP contribution is -2.14. The van der Waals surface area contributed by atoms with Gasteiger partial charge in [-0.05, 0) is 36.5 Å². The molecule has 2 N–H and O–H groups in total. The predicted molar refractivity (Wildman–Crippen MR) is 85.2 cm³/mol. The minimum Gasteiger partial charge on any atom is -0.478 e. The molecule has 0 aliphatic heterocycles. The molecular formula is C16H16N4O4. The van der Waals surface area contributed by atoms with Crippen molar-refractivity contribution in [2.75, 3.05) is 7.11 Å². The summed E-state index contributed by atoms with van der Waals surface area (Å²) < 4.78 is 6.85. The molecule has 0 radical (unpaired) electrons. The number of carboxylic acid groups (broad SMARTS) is 1. The third-order valence-electron chi connectivity index (χ3n) is 4.34. The number of H-pyrrole nitrogens is 1. The number of carbonyl (C=O) groups is 1. The zero-order valence-electron chi connectivity index (χ0n) is 13.1. The number of fused-ring (bicyclic) bond motifs is 3.